The number of ether oxygens (including phenoxy) is 1. The average molecular weight is 297 g/mol. The molecule has 93 valence electrons. The van der Waals surface area contributed by atoms with Crippen molar-refractivity contribution in [3.8, 4) is 0 Å². The molecule has 1 aliphatic heterocycles. The first-order valence-electron chi connectivity index (χ1n) is 6.03. The first kappa shape index (κ1) is 13.1. The predicted molar refractivity (Wildman–Crippen MR) is 73.9 cm³/mol. The maximum atomic E-state index is 5.85. The molecule has 2 rings (SSSR count). The fourth-order valence-corrected chi connectivity index (χ4v) is 2.44. The van der Waals surface area contributed by atoms with Crippen molar-refractivity contribution in [3.63, 3.8) is 0 Å². The lowest BCUT2D eigenvalue weighted by Gasteiger charge is -2.34. The fraction of sp³-hybridized carbons (Fsp3) is 0.500. The minimum atomic E-state index is 0.219. The second-order valence-electron chi connectivity index (χ2n) is 4.85. The van der Waals surface area contributed by atoms with Gasteiger partial charge in [0.1, 0.15) is 0 Å². The molecule has 3 heteroatoms. The third-order valence-electron chi connectivity index (χ3n) is 2.93. The van der Waals surface area contributed by atoms with Gasteiger partial charge in [0.05, 0.1) is 12.7 Å². The van der Waals surface area contributed by atoms with Crippen molar-refractivity contribution in [3.05, 3.63) is 40.2 Å². The number of halogens is 1. The van der Waals surface area contributed by atoms with E-state index in [-0.39, 0.29) is 6.10 Å². The van der Waals surface area contributed by atoms with Crippen molar-refractivity contribution < 1.29 is 4.74 Å². The van der Waals surface area contributed by atoms with Crippen LogP contribution in [0, 0.1) is 5.92 Å². The van der Waals surface area contributed by atoms with Gasteiger partial charge in [-0.3, -0.25) is 4.90 Å². The van der Waals surface area contributed by atoms with E-state index in [1.807, 2.05) is 0 Å². The predicted octanol–water partition coefficient (Wildman–Crippen LogP) is 3.44. The summed E-state index contributed by atoms with van der Waals surface area (Å²) in [5.74, 6) is 1.46. The lowest BCUT2D eigenvalue weighted by molar-refractivity contribution is -0.0283. The second-order valence-corrected chi connectivity index (χ2v) is 5.77. The average Bonchev–Trinajstić information content (AvgIpc) is 2.29. The van der Waals surface area contributed by atoms with Crippen LogP contribution in [-0.2, 0) is 4.74 Å². The molecule has 2 nitrogen and oxygen atoms in total. The summed E-state index contributed by atoms with van der Waals surface area (Å²) in [4.78, 5) is 2.46. The summed E-state index contributed by atoms with van der Waals surface area (Å²) in [5.41, 5.74) is 1.27. The maximum absolute atomic E-state index is 5.85. The standard InChI is InChI=1S/C14H19BrNO/c1-11(2)9-16-7-8-17-14(10-16)12-3-5-13(15)6-4-12/h3-6,14H,7-10H2,1-2H3/t14-/m0/s1. The van der Waals surface area contributed by atoms with Crippen LogP contribution in [0.3, 0.4) is 0 Å². The van der Waals surface area contributed by atoms with Gasteiger partial charge in [0.15, 0.2) is 0 Å². The quantitative estimate of drug-likeness (QED) is 0.847. The van der Waals surface area contributed by atoms with E-state index >= 15 is 0 Å². The van der Waals surface area contributed by atoms with E-state index < -0.39 is 0 Å². The first-order chi connectivity index (χ1) is 8.15. The summed E-state index contributed by atoms with van der Waals surface area (Å²) in [7, 11) is 0. The van der Waals surface area contributed by atoms with E-state index in [4.69, 9.17) is 4.74 Å². The highest BCUT2D eigenvalue weighted by molar-refractivity contribution is 9.10. The van der Waals surface area contributed by atoms with Gasteiger partial charge in [0.25, 0.3) is 0 Å². The molecule has 1 radical (unpaired) electrons. The SMILES string of the molecule is C[C](C)CN1CCO[C@H](c2ccc(Br)cc2)C1. The van der Waals surface area contributed by atoms with Gasteiger partial charge in [0.2, 0.25) is 0 Å². The Kier molecular flexibility index (Phi) is 4.60. The smallest absolute Gasteiger partial charge is 0.0952 e. The van der Waals surface area contributed by atoms with Crippen molar-refractivity contribution in [1.82, 2.24) is 4.90 Å². The minimum absolute atomic E-state index is 0.219. The Morgan fingerprint density at radius 1 is 1.35 bits per heavy atom. The fourth-order valence-electron chi connectivity index (χ4n) is 2.17. The highest BCUT2D eigenvalue weighted by Gasteiger charge is 2.22. The normalized spacial score (nSPS) is 22.0. The Bertz CT molecular complexity index is 350. The Labute approximate surface area is 112 Å². The van der Waals surface area contributed by atoms with Gasteiger partial charge in [-0.05, 0) is 23.6 Å². The van der Waals surface area contributed by atoms with Gasteiger partial charge in [-0.25, -0.2) is 0 Å². The van der Waals surface area contributed by atoms with Crippen molar-refractivity contribution in [1.29, 1.82) is 0 Å². The van der Waals surface area contributed by atoms with E-state index in [9.17, 15) is 0 Å². The molecule has 0 aliphatic carbocycles. The molecule has 17 heavy (non-hydrogen) atoms. The van der Waals surface area contributed by atoms with Gasteiger partial charge >= 0.3 is 0 Å². The molecule has 0 saturated carbocycles. The highest BCUT2D eigenvalue weighted by Crippen LogP contribution is 2.24. The van der Waals surface area contributed by atoms with E-state index in [0.29, 0.717) is 0 Å². The summed E-state index contributed by atoms with van der Waals surface area (Å²) in [6, 6.07) is 8.44. The Balaban J connectivity index is 1.99. The van der Waals surface area contributed by atoms with Gasteiger partial charge in [0, 0.05) is 24.1 Å². The molecule has 1 fully saturated rings. The van der Waals surface area contributed by atoms with Crippen molar-refractivity contribution >= 4 is 15.9 Å². The zero-order valence-corrected chi connectivity index (χ0v) is 12.0. The molecule has 1 aliphatic rings. The lowest BCUT2D eigenvalue weighted by atomic mass is 10.1. The molecule has 1 saturated heterocycles. The van der Waals surface area contributed by atoms with Crippen LogP contribution in [0.2, 0.25) is 0 Å². The Hall–Kier alpha value is -0.380. The van der Waals surface area contributed by atoms with Crippen molar-refractivity contribution in [2.24, 2.45) is 0 Å². The van der Waals surface area contributed by atoms with Crippen molar-refractivity contribution in [2.45, 2.75) is 20.0 Å². The largest absolute Gasteiger partial charge is 0.371 e. The molecule has 0 aromatic heterocycles. The van der Waals surface area contributed by atoms with Crippen molar-refractivity contribution in [2.75, 3.05) is 26.2 Å². The third-order valence-corrected chi connectivity index (χ3v) is 3.46. The van der Waals surface area contributed by atoms with E-state index in [2.05, 4.69) is 58.9 Å². The van der Waals surface area contributed by atoms with E-state index in [1.54, 1.807) is 0 Å². The molecule has 0 spiro atoms. The molecule has 0 amide bonds. The maximum Gasteiger partial charge on any atom is 0.0952 e. The number of benzene rings is 1. The zero-order chi connectivity index (χ0) is 12.3. The lowest BCUT2D eigenvalue weighted by Crippen LogP contribution is -2.39. The summed E-state index contributed by atoms with van der Waals surface area (Å²) in [6.07, 6.45) is 0.219. The number of rotatable bonds is 3. The monoisotopic (exact) mass is 296 g/mol. The second kappa shape index (κ2) is 5.98. The van der Waals surface area contributed by atoms with Crippen LogP contribution in [0.1, 0.15) is 25.5 Å². The van der Waals surface area contributed by atoms with E-state index in [1.165, 1.54) is 11.5 Å². The Morgan fingerprint density at radius 3 is 2.71 bits per heavy atom. The van der Waals surface area contributed by atoms with Gasteiger partial charge < -0.3 is 4.74 Å². The minimum Gasteiger partial charge on any atom is -0.371 e. The summed E-state index contributed by atoms with van der Waals surface area (Å²) < 4.78 is 6.97. The van der Waals surface area contributed by atoms with Gasteiger partial charge in [-0.2, -0.15) is 0 Å². The van der Waals surface area contributed by atoms with Crippen LogP contribution in [-0.4, -0.2) is 31.1 Å². The molecular weight excluding hydrogens is 278 g/mol. The van der Waals surface area contributed by atoms with Crippen LogP contribution in [0.25, 0.3) is 0 Å². The third kappa shape index (κ3) is 3.80. The molecule has 1 atom stereocenters. The topological polar surface area (TPSA) is 12.5 Å². The molecule has 0 unspecified atom stereocenters. The molecule has 1 aromatic carbocycles. The molecular formula is C14H19BrNO. The summed E-state index contributed by atoms with van der Waals surface area (Å²) in [6.45, 7) is 8.31. The van der Waals surface area contributed by atoms with Crippen LogP contribution in [0.4, 0.5) is 0 Å². The van der Waals surface area contributed by atoms with Crippen LogP contribution in [0.5, 0.6) is 0 Å². The van der Waals surface area contributed by atoms with E-state index in [0.717, 1.165) is 30.7 Å². The number of morpholine rings is 1. The molecule has 1 aromatic rings. The Morgan fingerprint density at radius 2 is 2.06 bits per heavy atom. The molecule has 0 N–H and O–H groups in total. The molecule has 1 heterocycles. The van der Waals surface area contributed by atoms with Crippen LogP contribution < -0.4 is 0 Å². The first-order valence-corrected chi connectivity index (χ1v) is 6.83. The van der Waals surface area contributed by atoms with Gasteiger partial charge in [-0.15, -0.1) is 0 Å². The van der Waals surface area contributed by atoms with Crippen LogP contribution in [0.15, 0.2) is 28.7 Å². The highest BCUT2D eigenvalue weighted by atomic mass is 79.9. The number of hydrogen-bond donors (Lipinski definition) is 0. The zero-order valence-electron chi connectivity index (χ0n) is 10.4. The number of nitrogens with zero attached hydrogens (tertiary/aromatic N) is 1. The van der Waals surface area contributed by atoms with Crippen LogP contribution >= 0.6 is 15.9 Å². The summed E-state index contributed by atoms with van der Waals surface area (Å²) in [5, 5.41) is 0. The molecule has 0 bridgehead atoms. The number of hydrogen-bond acceptors (Lipinski definition) is 2. The van der Waals surface area contributed by atoms with Gasteiger partial charge in [-0.1, -0.05) is 41.9 Å². The summed E-state index contributed by atoms with van der Waals surface area (Å²) >= 11 is 3.46.